The minimum absolute atomic E-state index is 0.128. The first kappa shape index (κ1) is 14.2. The van der Waals surface area contributed by atoms with Gasteiger partial charge in [-0.25, -0.2) is 8.42 Å². The molecular weight excluding hydrogens is 352 g/mol. The molecule has 7 heteroatoms. The predicted molar refractivity (Wildman–Crippen MR) is 80.8 cm³/mol. The van der Waals surface area contributed by atoms with Gasteiger partial charge in [-0.15, -0.1) is 0 Å². The van der Waals surface area contributed by atoms with Crippen LogP contribution in [0.25, 0.3) is 0 Å². The van der Waals surface area contributed by atoms with E-state index in [1.807, 2.05) is 0 Å². The molecule has 0 heterocycles. The molecule has 0 fully saturated rings. The van der Waals surface area contributed by atoms with Crippen LogP contribution in [0.2, 0.25) is 5.02 Å². The van der Waals surface area contributed by atoms with E-state index in [1.54, 1.807) is 24.3 Å². The average molecular weight is 362 g/mol. The Labute approximate surface area is 124 Å². The highest BCUT2D eigenvalue weighted by atomic mass is 79.9. The standard InChI is InChI=1S/C12H10BrClN2O2S/c13-11-7-10(5-6-12(11)15)19(17,18)16-9-3-1-8(14)2-4-9/h1-7,16H,15H2. The number of nitrogens with one attached hydrogen (secondary N) is 1. The van der Waals surface area contributed by atoms with Crippen LogP contribution in [-0.2, 0) is 10.0 Å². The molecule has 0 amide bonds. The van der Waals surface area contributed by atoms with E-state index in [0.717, 1.165) is 0 Å². The highest BCUT2D eigenvalue weighted by molar-refractivity contribution is 9.10. The number of nitrogen functional groups attached to an aromatic ring is 1. The third-order valence-electron chi connectivity index (χ3n) is 2.38. The Morgan fingerprint density at radius 3 is 2.32 bits per heavy atom. The lowest BCUT2D eigenvalue weighted by atomic mass is 10.3. The summed E-state index contributed by atoms with van der Waals surface area (Å²) in [6.45, 7) is 0. The molecule has 0 aromatic heterocycles. The number of benzene rings is 2. The summed E-state index contributed by atoms with van der Waals surface area (Å²) in [7, 11) is -3.64. The summed E-state index contributed by atoms with van der Waals surface area (Å²) < 4.78 is 27.3. The number of hydrogen-bond donors (Lipinski definition) is 2. The minimum atomic E-state index is -3.64. The van der Waals surface area contributed by atoms with Crippen molar-refractivity contribution in [3.63, 3.8) is 0 Å². The second-order valence-corrected chi connectivity index (χ2v) is 6.77. The highest BCUT2D eigenvalue weighted by Gasteiger charge is 2.15. The van der Waals surface area contributed by atoms with Crippen LogP contribution in [0.3, 0.4) is 0 Å². The number of nitrogens with two attached hydrogens (primary N) is 1. The van der Waals surface area contributed by atoms with Gasteiger partial charge in [0.15, 0.2) is 0 Å². The van der Waals surface area contributed by atoms with Crippen molar-refractivity contribution < 1.29 is 8.42 Å². The van der Waals surface area contributed by atoms with E-state index in [-0.39, 0.29) is 4.90 Å². The topological polar surface area (TPSA) is 72.2 Å². The van der Waals surface area contributed by atoms with Crippen molar-refractivity contribution in [1.29, 1.82) is 0 Å². The third-order valence-corrected chi connectivity index (χ3v) is 4.70. The largest absolute Gasteiger partial charge is 0.398 e. The summed E-state index contributed by atoms with van der Waals surface area (Å²) in [6, 6.07) is 10.8. The lowest BCUT2D eigenvalue weighted by molar-refractivity contribution is 0.601. The van der Waals surface area contributed by atoms with E-state index in [9.17, 15) is 8.42 Å². The zero-order valence-corrected chi connectivity index (χ0v) is 12.8. The molecule has 0 radical (unpaired) electrons. The van der Waals surface area contributed by atoms with Crippen molar-refractivity contribution in [3.05, 3.63) is 52.0 Å². The van der Waals surface area contributed by atoms with Gasteiger partial charge in [-0.05, 0) is 58.4 Å². The maximum Gasteiger partial charge on any atom is 0.261 e. The maximum absolute atomic E-state index is 12.1. The molecule has 0 aliphatic rings. The van der Waals surface area contributed by atoms with Crippen LogP contribution in [-0.4, -0.2) is 8.42 Å². The Hall–Kier alpha value is -1.24. The Balaban J connectivity index is 2.32. The number of hydrogen-bond acceptors (Lipinski definition) is 3. The summed E-state index contributed by atoms with van der Waals surface area (Å²) in [5.41, 5.74) is 6.54. The fourth-order valence-electron chi connectivity index (χ4n) is 1.41. The molecule has 0 bridgehead atoms. The molecule has 2 aromatic rings. The predicted octanol–water partition coefficient (Wildman–Crippen LogP) is 3.49. The molecule has 0 unspecified atom stereocenters. The van der Waals surface area contributed by atoms with Gasteiger partial charge in [0, 0.05) is 20.9 Å². The van der Waals surface area contributed by atoms with Crippen molar-refractivity contribution in [2.75, 3.05) is 10.5 Å². The van der Waals surface area contributed by atoms with Gasteiger partial charge < -0.3 is 5.73 Å². The molecule has 0 spiro atoms. The molecule has 2 rings (SSSR count). The minimum Gasteiger partial charge on any atom is -0.398 e. The Morgan fingerprint density at radius 2 is 1.74 bits per heavy atom. The smallest absolute Gasteiger partial charge is 0.261 e. The van der Waals surface area contributed by atoms with E-state index in [1.165, 1.54) is 18.2 Å². The Morgan fingerprint density at radius 1 is 1.11 bits per heavy atom. The molecule has 0 saturated carbocycles. The van der Waals surface area contributed by atoms with Crippen LogP contribution >= 0.6 is 27.5 Å². The van der Waals surface area contributed by atoms with E-state index in [2.05, 4.69) is 20.7 Å². The van der Waals surface area contributed by atoms with Crippen molar-refractivity contribution in [2.45, 2.75) is 4.90 Å². The molecule has 0 saturated heterocycles. The molecule has 100 valence electrons. The SMILES string of the molecule is Nc1ccc(S(=O)(=O)Nc2ccc(Cl)cc2)cc1Br. The van der Waals surface area contributed by atoms with Crippen LogP contribution in [0.15, 0.2) is 51.8 Å². The third kappa shape index (κ3) is 3.40. The first-order valence-electron chi connectivity index (χ1n) is 5.22. The van der Waals surface area contributed by atoms with Crippen molar-refractivity contribution >= 4 is 48.9 Å². The second kappa shape index (κ2) is 5.40. The van der Waals surface area contributed by atoms with Crippen molar-refractivity contribution in [2.24, 2.45) is 0 Å². The van der Waals surface area contributed by atoms with Gasteiger partial charge in [0.2, 0.25) is 0 Å². The normalized spacial score (nSPS) is 11.3. The van der Waals surface area contributed by atoms with E-state index in [4.69, 9.17) is 17.3 Å². The molecule has 19 heavy (non-hydrogen) atoms. The van der Waals surface area contributed by atoms with Crippen LogP contribution in [0.5, 0.6) is 0 Å². The summed E-state index contributed by atoms with van der Waals surface area (Å²) >= 11 is 8.94. The molecule has 0 atom stereocenters. The van der Waals surface area contributed by atoms with Crippen LogP contribution < -0.4 is 10.5 Å². The summed E-state index contributed by atoms with van der Waals surface area (Å²) in [5.74, 6) is 0. The van der Waals surface area contributed by atoms with Gasteiger partial charge in [0.05, 0.1) is 4.90 Å². The fourth-order valence-corrected chi connectivity index (χ4v) is 3.15. The van der Waals surface area contributed by atoms with E-state index < -0.39 is 10.0 Å². The summed E-state index contributed by atoms with van der Waals surface area (Å²) in [6.07, 6.45) is 0. The average Bonchev–Trinajstić information content (AvgIpc) is 2.35. The van der Waals surface area contributed by atoms with Gasteiger partial charge >= 0.3 is 0 Å². The zero-order valence-electron chi connectivity index (χ0n) is 9.60. The van der Waals surface area contributed by atoms with E-state index >= 15 is 0 Å². The number of anilines is 2. The second-order valence-electron chi connectivity index (χ2n) is 3.80. The molecule has 0 aliphatic carbocycles. The first-order valence-corrected chi connectivity index (χ1v) is 7.87. The van der Waals surface area contributed by atoms with Crippen molar-refractivity contribution in [1.82, 2.24) is 0 Å². The van der Waals surface area contributed by atoms with Gasteiger partial charge in [-0.3, -0.25) is 4.72 Å². The zero-order chi connectivity index (χ0) is 14.0. The number of rotatable bonds is 3. The van der Waals surface area contributed by atoms with Crippen LogP contribution in [0.1, 0.15) is 0 Å². The van der Waals surface area contributed by atoms with Gasteiger partial charge in [0.25, 0.3) is 10.0 Å². The van der Waals surface area contributed by atoms with Gasteiger partial charge in [0.1, 0.15) is 0 Å². The quantitative estimate of drug-likeness (QED) is 0.822. The van der Waals surface area contributed by atoms with Gasteiger partial charge in [-0.2, -0.15) is 0 Å². The highest BCUT2D eigenvalue weighted by Crippen LogP contribution is 2.24. The maximum atomic E-state index is 12.1. The molecule has 4 nitrogen and oxygen atoms in total. The van der Waals surface area contributed by atoms with E-state index in [0.29, 0.717) is 20.9 Å². The van der Waals surface area contributed by atoms with Crippen molar-refractivity contribution in [3.8, 4) is 0 Å². The molecule has 0 aliphatic heterocycles. The number of halogens is 2. The molecular formula is C12H10BrClN2O2S. The lowest BCUT2D eigenvalue weighted by Gasteiger charge is -2.09. The van der Waals surface area contributed by atoms with Gasteiger partial charge in [-0.1, -0.05) is 11.6 Å². The molecule has 2 aromatic carbocycles. The monoisotopic (exact) mass is 360 g/mol. The Kier molecular flexibility index (Phi) is 4.03. The molecule has 3 N–H and O–H groups in total. The van der Waals surface area contributed by atoms with Crippen LogP contribution in [0, 0.1) is 0 Å². The summed E-state index contributed by atoms with van der Waals surface area (Å²) in [5, 5.41) is 0.540. The fraction of sp³-hybridized carbons (Fsp3) is 0. The summed E-state index contributed by atoms with van der Waals surface area (Å²) in [4.78, 5) is 0.128. The Bertz CT molecular complexity index is 702. The van der Waals surface area contributed by atoms with Crippen LogP contribution in [0.4, 0.5) is 11.4 Å². The number of sulfonamides is 1. The lowest BCUT2D eigenvalue weighted by Crippen LogP contribution is -2.13. The first-order chi connectivity index (χ1) is 8.88.